The minimum absolute atomic E-state index is 0.0269. The maximum absolute atomic E-state index is 11.8. The first-order valence-corrected chi connectivity index (χ1v) is 7.72. The average molecular weight is 323 g/mol. The predicted molar refractivity (Wildman–Crippen MR) is 83.8 cm³/mol. The number of nitro groups is 1. The van der Waals surface area contributed by atoms with Crippen molar-refractivity contribution in [3.63, 3.8) is 0 Å². The zero-order valence-corrected chi connectivity index (χ0v) is 13.3. The van der Waals surface area contributed by atoms with Crippen molar-refractivity contribution >= 4 is 33.1 Å². The van der Waals surface area contributed by atoms with Crippen LogP contribution in [0.1, 0.15) is 19.8 Å². The number of hydrogen-bond donors (Lipinski definition) is 0. The van der Waals surface area contributed by atoms with Gasteiger partial charge in [-0.25, -0.2) is 0 Å². The number of amides is 1. The molecule has 0 saturated carbocycles. The number of hydrogen-bond acceptors (Lipinski definition) is 5. The largest absolute Gasteiger partial charge is 0.383 e. The molecule has 1 aromatic heterocycles. The van der Waals surface area contributed by atoms with Gasteiger partial charge in [-0.05, 0) is 12.5 Å². The summed E-state index contributed by atoms with van der Waals surface area (Å²) >= 11 is 1.28. The van der Waals surface area contributed by atoms with Crippen molar-refractivity contribution in [2.24, 2.45) is 4.99 Å². The van der Waals surface area contributed by atoms with E-state index in [0.717, 1.165) is 16.6 Å². The number of ether oxygens (including phenoxy) is 1. The molecule has 8 heteroatoms. The van der Waals surface area contributed by atoms with Gasteiger partial charge in [0, 0.05) is 32.2 Å². The van der Waals surface area contributed by atoms with E-state index < -0.39 is 4.92 Å². The van der Waals surface area contributed by atoms with E-state index in [4.69, 9.17) is 4.74 Å². The number of non-ortho nitro benzene ring substituents is 1. The summed E-state index contributed by atoms with van der Waals surface area (Å²) < 4.78 is 7.67. The van der Waals surface area contributed by atoms with E-state index in [9.17, 15) is 14.9 Å². The number of nitrogens with zero attached hydrogens (tertiary/aromatic N) is 3. The number of benzene rings is 1. The van der Waals surface area contributed by atoms with E-state index in [1.807, 2.05) is 11.5 Å². The summed E-state index contributed by atoms with van der Waals surface area (Å²) in [6.07, 6.45) is 1.12. The standard InChI is InChI=1S/C14H17N3O4S/c1-3-4-13(18)15-14-16(7-8-21-2)11-6-5-10(17(19)20)9-12(11)22-14/h5-6,9H,3-4,7-8H2,1-2H3. The zero-order chi connectivity index (χ0) is 16.1. The third kappa shape index (κ3) is 3.58. The molecule has 0 atom stereocenters. The summed E-state index contributed by atoms with van der Waals surface area (Å²) in [5, 5.41) is 10.9. The van der Waals surface area contributed by atoms with E-state index in [-0.39, 0.29) is 11.6 Å². The van der Waals surface area contributed by atoms with Crippen molar-refractivity contribution in [1.29, 1.82) is 0 Å². The Morgan fingerprint density at radius 3 is 2.91 bits per heavy atom. The van der Waals surface area contributed by atoms with Crippen LogP contribution in [0.2, 0.25) is 0 Å². The molecule has 0 bridgehead atoms. The van der Waals surface area contributed by atoms with Gasteiger partial charge in [-0.2, -0.15) is 4.99 Å². The van der Waals surface area contributed by atoms with Crippen LogP contribution in [0.4, 0.5) is 5.69 Å². The van der Waals surface area contributed by atoms with Gasteiger partial charge in [-0.3, -0.25) is 14.9 Å². The topological polar surface area (TPSA) is 86.7 Å². The number of fused-ring (bicyclic) bond motifs is 1. The van der Waals surface area contributed by atoms with Crippen LogP contribution in [0.3, 0.4) is 0 Å². The summed E-state index contributed by atoms with van der Waals surface area (Å²) in [6.45, 7) is 2.92. The predicted octanol–water partition coefficient (Wildman–Crippen LogP) is 2.48. The van der Waals surface area contributed by atoms with Gasteiger partial charge in [0.05, 0.1) is 21.7 Å². The summed E-state index contributed by atoms with van der Waals surface area (Å²) in [7, 11) is 1.60. The van der Waals surface area contributed by atoms with Crippen LogP contribution in [-0.4, -0.2) is 29.1 Å². The normalized spacial score (nSPS) is 12.0. The number of rotatable bonds is 6. The second-order valence-electron chi connectivity index (χ2n) is 4.69. The second kappa shape index (κ2) is 7.28. The molecule has 0 aliphatic heterocycles. The highest BCUT2D eigenvalue weighted by molar-refractivity contribution is 7.16. The SMILES string of the molecule is CCCC(=O)N=c1sc2cc([N+](=O)[O-])ccc2n1CCOC. The summed E-state index contributed by atoms with van der Waals surface area (Å²) in [5.74, 6) is -0.185. The molecule has 0 spiro atoms. The van der Waals surface area contributed by atoms with Gasteiger partial charge in [-0.1, -0.05) is 18.3 Å². The molecule has 0 aliphatic rings. The van der Waals surface area contributed by atoms with Crippen molar-refractivity contribution in [3.05, 3.63) is 33.1 Å². The van der Waals surface area contributed by atoms with Crippen molar-refractivity contribution in [2.75, 3.05) is 13.7 Å². The van der Waals surface area contributed by atoms with Gasteiger partial charge < -0.3 is 9.30 Å². The Bertz CT molecular complexity index is 763. The van der Waals surface area contributed by atoms with Crippen LogP contribution < -0.4 is 4.80 Å². The molecule has 0 fully saturated rings. The highest BCUT2D eigenvalue weighted by atomic mass is 32.1. The molecule has 0 N–H and O–H groups in total. The maximum Gasteiger partial charge on any atom is 0.270 e. The van der Waals surface area contributed by atoms with E-state index >= 15 is 0 Å². The lowest BCUT2D eigenvalue weighted by Gasteiger charge is -2.03. The number of thiazole rings is 1. The zero-order valence-electron chi connectivity index (χ0n) is 12.4. The average Bonchev–Trinajstić information content (AvgIpc) is 2.81. The first-order chi connectivity index (χ1) is 10.6. The van der Waals surface area contributed by atoms with Crippen molar-refractivity contribution in [3.8, 4) is 0 Å². The molecule has 22 heavy (non-hydrogen) atoms. The lowest BCUT2D eigenvalue weighted by molar-refractivity contribution is -0.384. The smallest absolute Gasteiger partial charge is 0.270 e. The van der Waals surface area contributed by atoms with E-state index in [2.05, 4.69) is 4.99 Å². The lowest BCUT2D eigenvalue weighted by atomic mass is 10.3. The minimum Gasteiger partial charge on any atom is -0.383 e. The molecule has 1 amide bonds. The molecule has 0 unspecified atom stereocenters. The summed E-state index contributed by atoms with van der Waals surface area (Å²) in [4.78, 5) is 26.9. The summed E-state index contributed by atoms with van der Waals surface area (Å²) in [6, 6.07) is 4.64. The molecule has 0 radical (unpaired) electrons. The molecule has 2 rings (SSSR count). The van der Waals surface area contributed by atoms with E-state index in [1.165, 1.54) is 23.5 Å². The molecule has 7 nitrogen and oxygen atoms in total. The number of nitro benzene ring substituents is 1. The maximum atomic E-state index is 11.8. The lowest BCUT2D eigenvalue weighted by Crippen LogP contribution is -2.19. The number of methoxy groups -OCH3 is 1. The van der Waals surface area contributed by atoms with Crippen LogP contribution in [0.5, 0.6) is 0 Å². The van der Waals surface area contributed by atoms with Crippen molar-refractivity contribution < 1.29 is 14.5 Å². The van der Waals surface area contributed by atoms with Crippen LogP contribution in [-0.2, 0) is 16.1 Å². The molecular weight excluding hydrogens is 306 g/mol. The van der Waals surface area contributed by atoms with Crippen molar-refractivity contribution in [1.82, 2.24) is 4.57 Å². The monoisotopic (exact) mass is 323 g/mol. The van der Waals surface area contributed by atoms with Crippen molar-refractivity contribution in [2.45, 2.75) is 26.3 Å². The Hall–Kier alpha value is -2.06. The first-order valence-electron chi connectivity index (χ1n) is 6.91. The van der Waals surface area contributed by atoms with Gasteiger partial charge in [0.15, 0.2) is 4.80 Å². The van der Waals surface area contributed by atoms with Crippen LogP contribution in [0, 0.1) is 10.1 Å². The number of aromatic nitrogens is 1. The van der Waals surface area contributed by atoms with Gasteiger partial charge >= 0.3 is 0 Å². The van der Waals surface area contributed by atoms with Gasteiger partial charge in [0.2, 0.25) is 5.91 Å². The molecule has 2 aromatic rings. The fourth-order valence-corrected chi connectivity index (χ4v) is 3.14. The Balaban J connectivity index is 2.57. The Morgan fingerprint density at radius 2 is 2.27 bits per heavy atom. The highest BCUT2D eigenvalue weighted by Crippen LogP contribution is 2.23. The molecular formula is C14H17N3O4S. The van der Waals surface area contributed by atoms with Crippen LogP contribution in [0.15, 0.2) is 23.2 Å². The Morgan fingerprint density at radius 1 is 1.50 bits per heavy atom. The van der Waals surface area contributed by atoms with Gasteiger partial charge in [0.25, 0.3) is 5.69 Å². The highest BCUT2D eigenvalue weighted by Gasteiger charge is 2.12. The fraction of sp³-hybridized carbons (Fsp3) is 0.429. The fourth-order valence-electron chi connectivity index (χ4n) is 2.04. The van der Waals surface area contributed by atoms with E-state index in [0.29, 0.717) is 24.4 Å². The Labute approximate surface area is 131 Å². The van der Waals surface area contributed by atoms with Crippen LogP contribution in [0.25, 0.3) is 10.2 Å². The van der Waals surface area contributed by atoms with Gasteiger partial charge in [0.1, 0.15) is 0 Å². The number of carbonyl (C=O) groups is 1. The molecule has 1 heterocycles. The van der Waals surface area contributed by atoms with Crippen LogP contribution >= 0.6 is 11.3 Å². The first kappa shape index (κ1) is 16.3. The molecule has 1 aromatic carbocycles. The van der Waals surface area contributed by atoms with E-state index in [1.54, 1.807) is 13.2 Å². The molecule has 118 valence electrons. The minimum atomic E-state index is -0.433. The second-order valence-corrected chi connectivity index (χ2v) is 5.70. The third-order valence-corrected chi connectivity index (χ3v) is 4.12. The molecule has 0 saturated heterocycles. The number of carbonyl (C=O) groups excluding carboxylic acids is 1. The third-order valence-electron chi connectivity index (χ3n) is 3.08. The van der Waals surface area contributed by atoms with Gasteiger partial charge in [-0.15, -0.1) is 0 Å². The Kier molecular flexibility index (Phi) is 5.40. The quantitative estimate of drug-likeness (QED) is 0.603. The summed E-state index contributed by atoms with van der Waals surface area (Å²) in [5.41, 5.74) is 0.842. The molecule has 0 aliphatic carbocycles.